The Kier molecular flexibility index (Phi) is 4.79. The van der Waals surface area contributed by atoms with Crippen LogP contribution in [0.3, 0.4) is 0 Å². The number of ether oxygens (including phenoxy) is 1. The summed E-state index contributed by atoms with van der Waals surface area (Å²) < 4.78 is 5.79. The molecule has 1 aromatic carbocycles. The van der Waals surface area contributed by atoms with E-state index in [1.807, 2.05) is 19.9 Å². The van der Waals surface area contributed by atoms with E-state index in [0.717, 1.165) is 0 Å². The minimum atomic E-state index is 0.104. The van der Waals surface area contributed by atoms with Gasteiger partial charge >= 0.3 is 0 Å². The number of nitrogens with two attached hydrogens (primary N) is 1. The van der Waals surface area contributed by atoms with Crippen molar-refractivity contribution in [1.29, 1.82) is 0 Å². The quantitative estimate of drug-likeness (QED) is 0.805. The predicted octanol–water partition coefficient (Wildman–Crippen LogP) is 2.54. The molecule has 0 amide bonds. The van der Waals surface area contributed by atoms with E-state index in [1.54, 1.807) is 0 Å². The van der Waals surface area contributed by atoms with Gasteiger partial charge in [-0.2, -0.15) is 0 Å². The molecule has 0 heterocycles. The molecule has 0 saturated heterocycles. The fraction of sp³-hybridized carbons (Fsp3) is 0.538. The average molecular weight is 207 g/mol. The van der Waals surface area contributed by atoms with Gasteiger partial charge in [0.2, 0.25) is 0 Å². The third kappa shape index (κ3) is 3.65. The van der Waals surface area contributed by atoms with Gasteiger partial charge in [0.05, 0.1) is 12.2 Å². The van der Waals surface area contributed by atoms with Crippen molar-refractivity contribution in [3.63, 3.8) is 0 Å². The third-order valence-electron chi connectivity index (χ3n) is 2.56. The predicted molar refractivity (Wildman–Crippen MR) is 63.9 cm³/mol. The molecule has 0 aliphatic carbocycles. The molecule has 0 aliphatic heterocycles. The van der Waals surface area contributed by atoms with E-state index in [9.17, 15) is 0 Å². The van der Waals surface area contributed by atoms with Crippen molar-refractivity contribution in [2.45, 2.75) is 38.9 Å². The van der Waals surface area contributed by atoms with Crippen LogP contribution in [-0.2, 0) is 4.74 Å². The highest BCUT2D eigenvalue weighted by Crippen LogP contribution is 2.21. The van der Waals surface area contributed by atoms with Crippen LogP contribution in [0.1, 0.15) is 32.3 Å². The second-order valence-electron chi connectivity index (χ2n) is 4.16. The Morgan fingerprint density at radius 3 is 2.20 bits per heavy atom. The van der Waals surface area contributed by atoms with E-state index in [2.05, 4.69) is 31.2 Å². The summed E-state index contributed by atoms with van der Waals surface area (Å²) in [5.41, 5.74) is 7.02. The standard InChI is InChI=1S/C13H21NO/c1-10(2)15-13(9-14)11(3)12-7-5-4-6-8-12/h4-8,10-11,13H,9,14H2,1-3H3. The first kappa shape index (κ1) is 12.2. The zero-order chi connectivity index (χ0) is 11.3. The Morgan fingerprint density at radius 2 is 1.73 bits per heavy atom. The smallest absolute Gasteiger partial charge is 0.0766 e. The van der Waals surface area contributed by atoms with Crippen molar-refractivity contribution in [1.82, 2.24) is 0 Å². The highest BCUT2D eigenvalue weighted by Gasteiger charge is 2.18. The van der Waals surface area contributed by atoms with Crippen molar-refractivity contribution in [3.8, 4) is 0 Å². The molecule has 2 N–H and O–H groups in total. The maximum Gasteiger partial charge on any atom is 0.0766 e. The molecule has 1 aromatic rings. The maximum absolute atomic E-state index is 5.79. The second-order valence-corrected chi connectivity index (χ2v) is 4.16. The lowest BCUT2D eigenvalue weighted by Crippen LogP contribution is -2.31. The van der Waals surface area contributed by atoms with E-state index >= 15 is 0 Å². The molecular weight excluding hydrogens is 186 g/mol. The van der Waals surface area contributed by atoms with Gasteiger partial charge in [-0.15, -0.1) is 0 Å². The van der Waals surface area contributed by atoms with Crippen LogP contribution in [-0.4, -0.2) is 18.8 Å². The molecule has 2 heteroatoms. The van der Waals surface area contributed by atoms with Gasteiger partial charge in [0.1, 0.15) is 0 Å². The average Bonchev–Trinajstić information content (AvgIpc) is 2.26. The molecule has 84 valence electrons. The molecule has 0 bridgehead atoms. The Balaban J connectivity index is 2.69. The first-order valence-electron chi connectivity index (χ1n) is 5.55. The molecule has 0 saturated carbocycles. The largest absolute Gasteiger partial charge is 0.374 e. The highest BCUT2D eigenvalue weighted by molar-refractivity contribution is 5.20. The van der Waals surface area contributed by atoms with Gasteiger partial charge < -0.3 is 10.5 Å². The summed E-state index contributed by atoms with van der Waals surface area (Å²) in [4.78, 5) is 0. The minimum Gasteiger partial charge on any atom is -0.374 e. The minimum absolute atomic E-state index is 0.104. The van der Waals surface area contributed by atoms with Crippen molar-refractivity contribution in [3.05, 3.63) is 35.9 Å². The van der Waals surface area contributed by atoms with Gasteiger partial charge in [-0.25, -0.2) is 0 Å². The maximum atomic E-state index is 5.79. The summed E-state index contributed by atoms with van der Waals surface area (Å²) in [6, 6.07) is 10.4. The molecule has 0 spiro atoms. The Hall–Kier alpha value is -0.860. The lowest BCUT2D eigenvalue weighted by atomic mass is 9.95. The van der Waals surface area contributed by atoms with E-state index in [0.29, 0.717) is 12.5 Å². The fourth-order valence-electron chi connectivity index (χ4n) is 1.70. The lowest BCUT2D eigenvalue weighted by molar-refractivity contribution is 0.000608. The van der Waals surface area contributed by atoms with Crippen molar-refractivity contribution >= 4 is 0 Å². The fourth-order valence-corrected chi connectivity index (χ4v) is 1.70. The summed E-state index contributed by atoms with van der Waals surface area (Å²) >= 11 is 0. The Bertz CT molecular complexity index is 271. The zero-order valence-corrected chi connectivity index (χ0v) is 9.81. The van der Waals surface area contributed by atoms with E-state index in [1.165, 1.54) is 5.56 Å². The first-order chi connectivity index (χ1) is 7.15. The Labute approximate surface area is 92.4 Å². The zero-order valence-electron chi connectivity index (χ0n) is 9.81. The Morgan fingerprint density at radius 1 is 1.13 bits per heavy atom. The monoisotopic (exact) mass is 207 g/mol. The van der Waals surface area contributed by atoms with Crippen molar-refractivity contribution in [2.75, 3.05) is 6.54 Å². The summed E-state index contributed by atoms with van der Waals surface area (Å²) in [5.74, 6) is 0.346. The first-order valence-corrected chi connectivity index (χ1v) is 5.55. The number of benzene rings is 1. The summed E-state index contributed by atoms with van der Waals surface area (Å²) in [5, 5.41) is 0. The number of hydrogen-bond donors (Lipinski definition) is 1. The molecular formula is C13H21NO. The van der Waals surface area contributed by atoms with Crippen LogP contribution in [0.15, 0.2) is 30.3 Å². The molecule has 15 heavy (non-hydrogen) atoms. The van der Waals surface area contributed by atoms with Crippen LogP contribution in [0.25, 0.3) is 0 Å². The van der Waals surface area contributed by atoms with Gasteiger partial charge in [0.25, 0.3) is 0 Å². The molecule has 0 aliphatic rings. The van der Waals surface area contributed by atoms with Gasteiger partial charge in [0, 0.05) is 12.5 Å². The van der Waals surface area contributed by atoms with Crippen LogP contribution in [0.5, 0.6) is 0 Å². The van der Waals surface area contributed by atoms with Crippen LogP contribution in [0, 0.1) is 0 Å². The van der Waals surface area contributed by atoms with E-state index in [4.69, 9.17) is 10.5 Å². The molecule has 0 aromatic heterocycles. The molecule has 1 rings (SSSR count). The van der Waals surface area contributed by atoms with Crippen molar-refractivity contribution < 1.29 is 4.74 Å². The van der Waals surface area contributed by atoms with Crippen LogP contribution in [0.4, 0.5) is 0 Å². The highest BCUT2D eigenvalue weighted by atomic mass is 16.5. The van der Waals surface area contributed by atoms with Gasteiger partial charge in [0.15, 0.2) is 0 Å². The van der Waals surface area contributed by atoms with E-state index in [-0.39, 0.29) is 12.2 Å². The number of rotatable bonds is 5. The van der Waals surface area contributed by atoms with Gasteiger partial charge in [-0.05, 0) is 19.4 Å². The molecule has 2 atom stereocenters. The van der Waals surface area contributed by atoms with E-state index < -0.39 is 0 Å². The van der Waals surface area contributed by atoms with Crippen LogP contribution < -0.4 is 5.73 Å². The SMILES string of the molecule is CC(C)OC(CN)C(C)c1ccccc1. The second kappa shape index (κ2) is 5.89. The third-order valence-corrected chi connectivity index (χ3v) is 2.56. The van der Waals surface area contributed by atoms with Crippen LogP contribution >= 0.6 is 0 Å². The summed E-state index contributed by atoms with van der Waals surface area (Å²) in [6.45, 7) is 6.81. The van der Waals surface area contributed by atoms with Crippen molar-refractivity contribution in [2.24, 2.45) is 5.73 Å². The summed E-state index contributed by atoms with van der Waals surface area (Å²) in [7, 11) is 0. The van der Waals surface area contributed by atoms with Gasteiger partial charge in [-0.1, -0.05) is 37.3 Å². The molecule has 2 unspecified atom stereocenters. The molecule has 0 radical (unpaired) electrons. The molecule has 2 nitrogen and oxygen atoms in total. The van der Waals surface area contributed by atoms with Crippen LogP contribution in [0.2, 0.25) is 0 Å². The lowest BCUT2D eigenvalue weighted by Gasteiger charge is -2.25. The molecule has 0 fully saturated rings. The normalized spacial score (nSPS) is 15.3. The topological polar surface area (TPSA) is 35.2 Å². The number of hydrogen-bond acceptors (Lipinski definition) is 2. The van der Waals surface area contributed by atoms with Gasteiger partial charge in [-0.3, -0.25) is 0 Å². The summed E-state index contributed by atoms with van der Waals surface area (Å²) in [6.07, 6.45) is 0.331.